The summed E-state index contributed by atoms with van der Waals surface area (Å²) in [5, 5.41) is 0. The van der Waals surface area contributed by atoms with Crippen molar-refractivity contribution in [1.29, 1.82) is 0 Å². The highest BCUT2D eigenvalue weighted by atomic mass is 32.2. The first-order chi connectivity index (χ1) is 14.4. The first-order valence-electron chi connectivity index (χ1n) is 10.9. The van der Waals surface area contributed by atoms with Crippen LogP contribution < -0.4 is 4.72 Å². The van der Waals surface area contributed by atoms with E-state index < -0.39 is 10.0 Å². The largest absolute Gasteiger partial charge is 0.302 e. The normalized spacial score (nSPS) is 25.7. The Kier molecular flexibility index (Phi) is 6.58. The Balaban J connectivity index is 1.45. The molecule has 6 heteroatoms. The molecule has 30 heavy (non-hydrogen) atoms. The highest BCUT2D eigenvalue weighted by Crippen LogP contribution is 2.40. The van der Waals surface area contributed by atoms with Gasteiger partial charge in [-0.1, -0.05) is 60.7 Å². The van der Waals surface area contributed by atoms with Gasteiger partial charge in [0.15, 0.2) is 0 Å². The number of rotatable bonds is 7. The molecule has 0 unspecified atom stereocenters. The van der Waals surface area contributed by atoms with Gasteiger partial charge in [0, 0.05) is 37.6 Å². The van der Waals surface area contributed by atoms with Crippen molar-refractivity contribution >= 4 is 10.0 Å². The van der Waals surface area contributed by atoms with E-state index in [0.29, 0.717) is 0 Å². The van der Waals surface area contributed by atoms with Gasteiger partial charge in [0.25, 0.3) is 0 Å². The molecule has 0 radical (unpaired) electrons. The predicted molar refractivity (Wildman–Crippen MR) is 122 cm³/mol. The monoisotopic (exact) mass is 427 g/mol. The number of hydrogen-bond acceptors (Lipinski definition) is 4. The maximum atomic E-state index is 12.1. The summed E-state index contributed by atoms with van der Waals surface area (Å²) in [6, 6.07) is 21.2. The molecular weight excluding hydrogens is 394 g/mol. The van der Waals surface area contributed by atoms with Gasteiger partial charge in [0.05, 0.1) is 6.26 Å². The Morgan fingerprint density at radius 2 is 1.57 bits per heavy atom. The highest BCUT2D eigenvalue weighted by molar-refractivity contribution is 7.88. The zero-order valence-electron chi connectivity index (χ0n) is 17.8. The molecule has 0 saturated carbocycles. The molecular formula is C24H33N3O2S. The zero-order chi connectivity index (χ0) is 21.0. The molecule has 2 aliphatic heterocycles. The predicted octanol–water partition coefficient (Wildman–Crippen LogP) is 2.74. The van der Waals surface area contributed by atoms with Gasteiger partial charge in [-0.25, -0.2) is 13.1 Å². The van der Waals surface area contributed by atoms with Crippen LogP contribution in [-0.2, 0) is 23.0 Å². The Morgan fingerprint density at radius 1 is 0.933 bits per heavy atom. The average Bonchev–Trinajstić information content (AvgIpc) is 3.12. The van der Waals surface area contributed by atoms with E-state index in [9.17, 15) is 8.42 Å². The van der Waals surface area contributed by atoms with E-state index in [1.807, 2.05) is 6.07 Å². The summed E-state index contributed by atoms with van der Waals surface area (Å²) in [4.78, 5) is 5.03. The molecule has 0 bridgehead atoms. The van der Waals surface area contributed by atoms with Crippen molar-refractivity contribution in [3.63, 3.8) is 0 Å². The van der Waals surface area contributed by atoms with Crippen LogP contribution in [0.3, 0.4) is 0 Å². The Bertz CT molecular complexity index is 920. The number of nitrogens with zero attached hydrogens (tertiary/aromatic N) is 2. The third kappa shape index (κ3) is 5.49. The molecule has 5 nitrogen and oxygen atoms in total. The van der Waals surface area contributed by atoms with E-state index >= 15 is 0 Å². The fourth-order valence-electron chi connectivity index (χ4n) is 5.19. The van der Waals surface area contributed by atoms with E-state index in [0.717, 1.165) is 58.5 Å². The summed E-state index contributed by atoms with van der Waals surface area (Å²) < 4.78 is 27.1. The smallest absolute Gasteiger partial charge is 0.208 e. The van der Waals surface area contributed by atoms with Gasteiger partial charge in [-0.3, -0.25) is 4.90 Å². The van der Waals surface area contributed by atoms with E-state index in [1.54, 1.807) is 0 Å². The minimum absolute atomic E-state index is 0.0150. The van der Waals surface area contributed by atoms with Crippen molar-refractivity contribution < 1.29 is 8.42 Å². The van der Waals surface area contributed by atoms with Gasteiger partial charge < -0.3 is 4.90 Å². The van der Waals surface area contributed by atoms with Crippen LogP contribution in [0.15, 0.2) is 60.7 Å². The second-order valence-electron chi connectivity index (χ2n) is 9.05. The molecule has 0 amide bonds. The average molecular weight is 428 g/mol. The summed E-state index contributed by atoms with van der Waals surface area (Å²) in [7, 11) is -3.22. The SMILES string of the molecule is CS(=O)(=O)N[C@@H]1CCN(CCc2ccccc2)C[C@]12CCN(Cc1ccccc1)C2. The van der Waals surface area contributed by atoms with E-state index in [4.69, 9.17) is 0 Å². The number of benzene rings is 2. The number of piperidine rings is 1. The number of likely N-dealkylation sites (tertiary alicyclic amines) is 2. The molecule has 162 valence electrons. The molecule has 2 heterocycles. The first-order valence-corrected chi connectivity index (χ1v) is 12.8. The van der Waals surface area contributed by atoms with E-state index in [2.05, 4.69) is 69.1 Å². The van der Waals surface area contributed by atoms with Crippen LogP contribution in [0.2, 0.25) is 0 Å². The van der Waals surface area contributed by atoms with Gasteiger partial charge in [-0.05, 0) is 43.5 Å². The molecule has 2 aromatic carbocycles. The first kappa shape index (κ1) is 21.5. The fraction of sp³-hybridized carbons (Fsp3) is 0.500. The molecule has 2 aromatic rings. The van der Waals surface area contributed by atoms with Crippen molar-refractivity contribution in [2.45, 2.75) is 31.8 Å². The van der Waals surface area contributed by atoms with Gasteiger partial charge >= 0.3 is 0 Å². The van der Waals surface area contributed by atoms with Crippen LogP contribution in [0.5, 0.6) is 0 Å². The van der Waals surface area contributed by atoms with Gasteiger partial charge in [0.1, 0.15) is 0 Å². The van der Waals surface area contributed by atoms with Crippen LogP contribution >= 0.6 is 0 Å². The lowest BCUT2D eigenvalue weighted by atomic mass is 9.75. The van der Waals surface area contributed by atoms with Gasteiger partial charge in [-0.2, -0.15) is 0 Å². The topological polar surface area (TPSA) is 52.7 Å². The molecule has 0 aromatic heterocycles. The van der Waals surface area contributed by atoms with Crippen LogP contribution in [0, 0.1) is 5.41 Å². The second kappa shape index (κ2) is 9.18. The molecule has 1 N–H and O–H groups in total. The lowest BCUT2D eigenvalue weighted by Crippen LogP contribution is -2.59. The minimum atomic E-state index is -3.22. The van der Waals surface area contributed by atoms with Gasteiger partial charge in [-0.15, -0.1) is 0 Å². The molecule has 2 aliphatic rings. The summed E-state index contributed by atoms with van der Waals surface area (Å²) >= 11 is 0. The third-order valence-corrected chi connectivity index (χ3v) is 7.35. The zero-order valence-corrected chi connectivity index (χ0v) is 18.7. The van der Waals surface area contributed by atoms with Gasteiger partial charge in [0.2, 0.25) is 10.0 Å². The van der Waals surface area contributed by atoms with Crippen molar-refractivity contribution in [3.8, 4) is 0 Å². The maximum Gasteiger partial charge on any atom is 0.208 e. The molecule has 2 fully saturated rings. The fourth-order valence-corrected chi connectivity index (χ4v) is 6.08. The summed E-state index contributed by atoms with van der Waals surface area (Å²) in [6.45, 7) is 5.81. The number of hydrogen-bond donors (Lipinski definition) is 1. The van der Waals surface area contributed by atoms with Crippen LogP contribution in [0.1, 0.15) is 24.0 Å². The molecule has 2 atom stereocenters. The van der Waals surface area contributed by atoms with Crippen molar-refractivity contribution in [1.82, 2.24) is 14.5 Å². The standard InChI is InChI=1S/C24H33N3O2S/c1-30(28,29)25-23-13-16-26(15-12-21-8-4-2-5-9-21)19-24(23)14-17-27(20-24)18-22-10-6-3-7-11-22/h2-11,23,25H,12-20H2,1H3/t23-,24+/m1/s1. The third-order valence-electron chi connectivity index (χ3n) is 6.64. The van der Waals surface area contributed by atoms with Crippen molar-refractivity contribution in [2.24, 2.45) is 5.41 Å². The Morgan fingerprint density at radius 3 is 2.23 bits per heavy atom. The molecule has 4 rings (SSSR count). The van der Waals surface area contributed by atoms with Crippen molar-refractivity contribution in [3.05, 3.63) is 71.8 Å². The highest BCUT2D eigenvalue weighted by Gasteiger charge is 2.48. The van der Waals surface area contributed by atoms with E-state index in [-0.39, 0.29) is 11.5 Å². The second-order valence-corrected chi connectivity index (χ2v) is 10.8. The van der Waals surface area contributed by atoms with Crippen LogP contribution in [0.25, 0.3) is 0 Å². The minimum Gasteiger partial charge on any atom is -0.302 e. The lowest BCUT2D eigenvalue weighted by Gasteiger charge is -2.46. The lowest BCUT2D eigenvalue weighted by molar-refractivity contribution is 0.0648. The Hall–Kier alpha value is -1.73. The van der Waals surface area contributed by atoms with Crippen molar-refractivity contribution in [2.75, 3.05) is 39.0 Å². The summed E-state index contributed by atoms with van der Waals surface area (Å²) in [5.41, 5.74) is 2.66. The molecule has 1 spiro atoms. The summed E-state index contributed by atoms with van der Waals surface area (Å²) in [5.74, 6) is 0. The van der Waals surface area contributed by atoms with Crippen LogP contribution in [-0.4, -0.2) is 63.2 Å². The number of nitrogens with one attached hydrogen (secondary N) is 1. The van der Waals surface area contributed by atoms with Crippen LogP contribution in [0.4, 0.5) is 0 Å². The summed E-state index contributed by atoms with van der Waals surface area (Å²) in [6.07, 6.45) is 4.24. The quantitative estimate of drug-likeness (QED) is 0.738. The molecule has 2 saturated heterocycles. The molecule has 0 aliphatic carbocycles. The van der Waals surface area contributed by atoms with E-state index in [1.165, 1.54) is 17.4 Å². The maximum absolute atomic E-state index is 12.1. The Labute approximate surface area is 181 Å². The number of sulfonamides is 1.